The summed E-state index contributed by atoms with van der Waals surface area (Å²) in [4.78, 5) is 8.83. The molecule has 0 unspecified atom stereocenters. The topological polar surface area (TPSA) is 80.5 Å². The molecular formula is C15H15N5. The normalized spacial score (nSPS) is 10.7. The number of nitrogens with zero attached hydrogens (tertiary/aromatic N) is 3. The molecule has 0 aliphatic rings. The number of hydrogen-bond donors (Lipinski definition) is 2. The molecule has 100 valence electrons. The Morgan fingerprint density at radius 3 is 2.60 bits per heavy atom. The minimum Gasteiger partial charge on any atom is -0.382 e. The third-order valence-electron chi connectivity index (χ3n) is 3.06. The molecule has 3 rings (SSSR count). The number of nitrogen functional groups attached to an aromatic ring is 1. The Hall–Kier alpha value is -2.69. The molecular weight excluding hydrogens is 250 g/mol. The third kappa shape index (κ3) is 2.25. The van der Waals surface area contributed by atoms with E-state index in [9.17, 15) is 0 Å². The number of hydrogen-bond acceptors (Lipinski definition) is 4. The van der Waals surface area contributed by atoms with Crippen molar-refractivity contribution in [2.45, 2.75) is 13.8 Å². The van der Waals surface area contributed by atoms with E-state index in [0.29, 0.717) is 17.2 Å². The molecule has 0 atom stereocenters. The number of nitrogens with two attached hydrogens (primary N) is 1. The molecule has 20 heavy (non-hydrogen) atoms. The SMILES string of the molecule is Cc1cccc(-c2cnc(-c3cc(C)[nH]n3)c(N)n2)c1. The third-order valence-corrected chi connectivity index (χ3v) is 3.06. The molecule has 3 aromatic rings. The monoisotopic (exact) mass is 265 g/mol. The van der Waals surface area contributed by atoms with Crippen LogP contribution in [0.5, 0.6) is 0 Å². The Balaban J connectivity index is 2.03. The van der Waals surface area contributed by atoms with E-state index >= 15 is 0 Å². The number of rotatable bonds is 2. The van der Waals surface area contributed by atoms with E-state index in [1.54, 1.807) is 6.20 Å². The zero-order valence-corrected chi connectivity index (χ0v) is 11.4. The van der Waals surface area contributed by atoms with Crippen molar-refractivity contribution in [3.63, 3.8) is 0 Å². The van der Waals surface area contributed by atoms with Gasteiger partial charge in [0.1, 0.15) is 11.4 Å². The van der Waals surface area contributed by atoms with Crippen LogP contribution < -0.4 is 5.73 Å². The fourth-order valence-corrected chi connectivity index (χ4v) is 2.08. The number of H-pyrrole nitrogens is 1. The summed E-state index contributed by atoms with van der Waals surface area (Å²) in [6, 6.07) is 9.98. The highest BCUT2D eigenvalue weighted by Gasteiger charge is 2.11. The average Bonchev–Trinajstić information content (AvgIpc) is 2.85. The largest absolute Gasteiger partial charge is 0.382 e. The van der Waals surface area contributed by atoms with Crippen molar-refractivity contribution in [2.24, 2.45) is 0 Å². The Morgan fingerprint density at radius 2 is 1.95 bits per heavy atom. The summed E-state index contributed by atoms with van der Waals surface area (Å²) in [5.41, 5.74) is 11.2. The molecule has 1 aromatic carbocycles. The number of anilines is 1. The van der Waals surface area contributed by atoms with E-state index in [0.717, 1.165) is 17.0 Å². The van der Waals surface area contributed by atoms with Gasteiger partial charge in [-0.25, -0.2) is 9.97 Å². The Morgan fingerprint density at radius 1 is 1.10 bits per heavy atom. The molecule has 0 saturated heterocycles. The van der Waals surface area contributed by atoms with E-state index in [2.05, 4.69) is 26.2 Å². The van der Waals surface area contributed by atoms with Crippen molar-refractivity contribution in [3.8, 4) is 22.6 Å². The van der Waals surface area contributed by atoms with Crippen molar-refractivity contribution in [1.29, 1.82) is 0 Å². The smallest absolute Gasteiger partial charge is 0.152 e. The van der Waals surface area contributed by atoms with E-state index in [4.69, 9.17) is 5.73 Å². The van der Waals surface area contributed by atoms with Crippen molar-refractivity contribution in [1.82, 2.24) is 20.2 Å². The van der Waals surface area contributed by atoms with Gasteiger partial charge in [-0.1, -0.05) is 23.8 Å². The quantitative estimate of drug-likeness (QED) is 0.746. The van der Waals surface area contributed by atoms with Gasteiger partial charge in [-0.15, -0.1) is 0 Å². The molecule has 0 spiro atoms. The molecule has 5 heteroatoms. The van der Waals surface area contributed by atoms with Crippen LogP contribution in [0.25, 0.3) is 22.6 Å². The Labute approximate surface area is 116 Å². The van der Waals surface area contributed by atoms with E-state index in [1.165, 1.54) is 5.56 Å². The first kappa shape index (κ1) is 12.3. The average molecular weight is 265 g/mol. The van der Waals surface area contributed by atoms with Gasteiger partial charge >= 0.3 is 0 Å². The van der Waals surface area contributed by atoms with Crippen LogP contribution in [-0.2, 0) is 0 Å². The lowest BCUT2D eigenvalue weighted by molar-refractivity contribution is 1.04. The minimum atomic E-state index is 0.385. The van der Waals surface area contributed by atoms with Gasteiger partial charge in [-0.3, -0.25) is 5.10 Å². The lowest BCUT2D eigenvalue weighted by atomic mass is 10.1. The zero-order valence-electron chi connectivity index (χ0n) is 11.4. The summed E-state index contributed by atoms with van der Waals surface area (Å²) in [5.74, 6) is 0.385. The molecule has 0 amide bonds. The van der Waals surface area contributed by atoms with Gasteiger partial charge in [-0.2, -0.15) is 5.10 Å². The van der Waals surface area contributed by atoms with Crippen LogP contribution >= 0.6 is 0 Å². The predicted molar refractivity (Wildman–Crippen MR) is 78.9 cm³/mol. The van der Waals surface area contributed by atoms with Crippen LogP contribution in [0.2, 0.25) is 0 Å². The molecule has 2 aromatic heterocycles. The van der Waals surface area contributed by atoms with Gasteiger partial charge in [-0.05, 0) is 26.0 Å². The van der Waals surface area contributed by atoms with Crippen molar-refractivity contribution >= 4 is 5.82 Å². The van der Waals surface area contributed by atoms with Crippen LogP contribution in [0.3, 0.4) is 0 Å². The lowest BCUT2D eigenvalue weighted by Crippen LogP contribution is -1.99. The van der Waals surface area contributed by atoms with Crippen LogP contribution in [0.4, 0.5) is 5.82 Å². The van der Waals surface area contributed by atoms with Gasteiger partial charge < -0.3 is 5.73 Å². The predicted octanol–water partition coefficient (Wildman–Crippen LogP) is 2.73. The molecule has 0 aliphatic carbocycles. The first-order valence-electron chi connectivity index (χ1n) is 6.35. The lowest BCUT2D eigenvalue weighted by Gasteiger charge is -2.05. The number of aromatic amines is 1. The molecule has 5 nitrogen and oxygen atoms in total. The van der Waals surface area contributed by atoms with Gasteiger partial charge in [0.2, 0.25) is 0 Å². The second-order valence-corrected chi connectivity index (χ2v) is 4.79. The van der Waals surface area contributed by atoms with Crippen LogP contribution in [0.1, 0.15) is 11.3 Å². The minimum absolute atomic E-state index is 0.385. The van der Waals surface area contributed by atoms with Gasteiger partial charge in [0.15, 0.2) is 5.82 Å². The second kappa shape index (κ2) is 4.77. The molecule has 0 radical (unpaired) electrons. The number of benzene rings is 1. The van der Waals surface area contributed by atoms with E-state index in [-0.39, 0.29) is 0 Å². The maximum Gasteiger partial charge on any atom is 0.152 e. The fourth-order valence-electron chi connectivity index (χ4n) is 2.08. The molecule has 0 saturated carbocycles. The summed E-state index contributed by atoms with van der Waals surface area (Å²) in [7, 11) is 0. The first-order chi connectivity index (χ1) is 9.63. The number of aryl methyl sites for hydroxylation is 2. The highest BCUT2D eigenvalue weighted by atomic mass is 15.1. The maximum atomic E-state index is 6.01. The summed E-state index contributed by atoms with van der Waals surface area (Å²) in [6.07, 6.45) is 1.73. The van der Waals surface area contributed by atoms with Gasteiger partial charge in [0, 0.05) is 11.3 Å². The van der Waals surface area contributed by atoms with Crippen LogP contribution in [-0.4, -0.2) is 20.2 Å². The molecule has 0 fully saturated rings. The van der Waals surface area contributed by atoms with Gasteiger partial charge in [0.05, 0.1) is 11.9 Å². The fraction of sp³-hybridized carbons (Fsp3) is 0.133. The summed E-state index contributed by atoms with van der Waals surface area (Å²) < 4.78 is 0. The summed E-state index contributed by atoms with van der Waals surface area (Å²) in [6.45, 7) is 3.97. The van der Waals surface area contributed by atoms with Crippen molar-refractivity contribution in [3.05, 3.63) is 47.8 Å². The zero-order chi connectivity index (χ0) is 14.1. The van der Waals surface area contributed by atoms with E-state index in [1.807, 2.05) is 38.1 Å². The van der Waals surface area contributed by atoms with Gasteiger partial charge in [0.25, 0.3) is 0 Å². The van der Waals surface area contributed by atoms with Crippen molar-refractivity contribution in [2.75, 3.05) is 5.73 Å². The first-order valence-corrected chi connectivity index (χ1v) is 6.35. The number of aromatic nitrogens is 4. The summed E-state index contributed by atoms with van der Waals surface area (Å²) in [5, 5.41) is 7.03. The highest BCUT2D eigenvalue weighted by Crippen LogP contribution is 2.24. The summed E-state index contributed by atoms with van der Waals surface area (Å²) >= 11 is 0. The maximum absolute atomic E-state index is 6.01. The second-order valence-electron chi connectivity index (χ2n) is 4.79. The molecule has 2 heterocycles. The van der Waals surface area contributed by atoms with Crippen LogP contribution in [0.15, 0.2) is 36.5 Å². The molecule has 3 N–H and O–H groups in total. The highest BCUT2D eigenvalue weighted by molar-refractivity contribution is 5.70. The van der Waals surface area contributed by atoms with E-state index < -0.39 is 0 Å². The van der Waals surface area contributed by atoms with Crippen LogP contribution in [0, 0.1) is 13.8 Å². The molecule has 0 aliphatic heterocycles. The molecule has 0 bridgehead atoms. The Kier molecular flexibility index (Phi) is 2.95. The van der Waals surface area contributed by atoms with Crippen molar-refractivity contribution < 1.29 is 0 Å². The standard InChI is InChI=1S/C15H15N5/c1-9-4-3-5-11(6-9)13-8-17-14(15(16)18-13)12-7-10(2)19-20-12/h3-8H,1-2H3,(H2,16,18)(H,19,20). The Bertz CT molecular complexity index is 760. The number of nitrogens with one attached hydrogen (secondary N) is 1.